The standard InChI is InChI=1S/C27H36N4O6/c1-18-14-31(26(33)13-20-8-6-7-11-28-20)19(2)16-37-23-12-21(29-25(32)17-35-4)9-10-22(23)27(34)30(3)15-24(18)36-5/h6-12,18-19,24H,13-17H2,1-5H3,(H,29,32)/t18-,19-,24-/m1/s1. The van der Waals surface area contributed by atoms with E-state index in [-0.39, 0.29) is 55.4 Å². The van der Waals surface area contributed by atoms with Crippen molar-refractivity contribution in [1.29, 1.82) is 0 Å². The molecule has 0 aliphatic carbocycles. The van der Waals surface area contributed by atoms with E-state index in [1.807, 2.05) is 32.0 Å². The Labute approximate surface area is 217 Å². The minimum Gasteiger partial charge on any atom is -0.491 e. The zero-order valence-corrected chi connectivity index (χ0v) is 22.1. The van der Waals surface area contributed by atoms with Crippen LogP contribution in [0.4, 0.5) is 5.69 Å². The van der Waals surface area contributed by atoms with Gasteiger partial charge in [0.25, 0.3) is 5.91 Å². The molecule has 3 rings (SSSR count). The Balaban J connectivity index is 1.93. The normalized spacial score (nSPS) is 20.8. The van der Waals surface area contributed by atoms with Gasteiger partial charge in [-0.25, -0.2) is 0 Å². The third kappa shape index (κ3) is 7.50. The Kier molecular flexibility index (Phi) is 9.99. The maximum absolute atomic E-state index is 13.4. The summed E-state index contributed by atoms with van der Waals surface area (Å²) in [6.45, 7) is 4.73. The number of nitrogens with zero attached hydrogens (tertiary/aromatic N) is 3. The molecule has 0 spiro atoms. The first-order valence-electron chi connectivity index (χ1n) is 12.3. The Bertz CT molecular complexity index is 1080. The number of hydrogen-bond acceptors (Lipinski definition) is 7. The van der Waals surface area contributed by atoms with E-state index in [1.54, 1.807) is 48.4 Å². The molecule has 0 radical (unpaired) electrons. The average molecular weight is 513 g/mol. The van der Waals surface area contributed by atoms with Gasteiger partial charge in [-0.1, -0.05) is 13.0 Å². The number of methoxy groups -OCH3 is 2. The van der Waals surface area contributed by atoms with Crippen molar-refractivity contribution in [2.75, 3.05) is 52.9 Å². The van der Waals surface area contributed by atoms with Crippen LogP contribution in [-0.4, -0.2) is 92.2 Å². The number of nitrogens with one attached hydrogen (secondary N) is 1. The van der Waals surface area contributed by atoms with Crippen LogP contribution in [0.2, 0.25) is 0 Å². The highest BCUT2D eigenvalue weighted by Crippen LogP contribution is 2.27. The van der Waals surface area contributed by atoms with Crippen molar-refractivity contribution in [3.63, 3.8) is 0 Å². The molecule has 1 aromatic heterocycles. The van der Waals surface area contributed by atoms with E-state index in [2.05, 4.69) is 10.3 Å². The zero-order valence-electron chi connectivity index (χ0n) is 22.1. The van der Waals surface area contributed by atoms with Gasteiger partial charge in [-0.05, 0) is 31.2 Å². The molecule has 2 heterocycles. The van der Waals surface area contributed by atoms with Crippen LogP contribution in [0, 0.1) is 5.92 Å². The van der Waals surface area contributed by atoms with E-state index in [0.29, 0.717) is 35.8 Å². The number of likely N-dealkylation sites (N-methyl/N-ethyl adjacent to an activating group) is 1. The van der Waals surface area contributed by atoms with Gasteiger partial charge in [-0.15, -0.1) is 0 Å². The first kappa shape index (κ1) is 28.1. The van der Waals surface area contributed by atoms with Crippen LogP contribution in [-0.2, 0) is 25.5 Å². The van der Waals surface area contributed by atoms with E-state index in [9.17, 15) is 14.4 Å². The van der Waals surface area contributed by atoms with Crippen molar-refractivity contribution in [2.45, 2.75) is 32.4 Å². The Hall–Kier alpha value is -3.50. The number of amides is 3. The number of hydrogen-bond donors (Lipinski definition) is 1. The van der Waals surface area contributed by atoms with Gasteiger partial charge >= 0.3 is 0 Å². The number of carbonyl (C=O) groups excluding carboxylic acids is 3. The number of pyridine rings is 1. The molecule has 1 aromatic carbocycles. The molecule has 1 N–H and O–H groups in total. The first-order valence-corrected chi connectivity index (χ1v) is 12.3. The molecule has 0 bridgehead atoms. The second-order valence-corrected chi connectivity index (χ2v) is 9.33. The van der Waals surface area contributed by atoms with Gasteiger partial charge in [0.05, 0.1) is 24.1 Å². The minimum atomic E-state index is -0.323. The largest absolute Gasteiger partial charge is 0.491 e. The Morgan fingerprint density at radius 1 is 1.16 bits per heavy atom. The van der Waals surface area contributed by atoms with Crippen molar-refractivity contribution in [3.8, 4) is 5.75 Å². The van der Waals surface area contributed by atoms with Crippen molar-refractivity contribution in [3.05, 3.63) is 53.9 Å². The van der Waals surface area contributed by atoms with Gasteiger partial charge in [0.2, 0.25) is 11.8 Å². The van der Waals surface area contributed by atoms with Crippen LogP contribution in [0.3, 0.4) is 0 Å². The van der Waals surface area contributed by atoms with Crippen LogP contribution in [0.5, 0.6) is 5.75 Å². The van der Waals surface area contributed by atoms with E-state index >= 15 is 0 Å². The maximum atomic E-state index is 13.4. The molecule has 1 aliphatic rings. The number of benzene rings is 1. The number of fused-ring (bicyclic) bond motifs is 1. The van der Waals surface area contributed by atoms with Gasteiger partial charge in [0.15, 0.2) is 0 Å². The van der Waals surface area contributed by atoms with E-state index < -0.39 is 0 Å². The summed E-state index contributed by atoms with van der Waals surface area (Å²) in [4.78, 5) is 46.4. The summed E-state index contributed by atoms with van der Waals surface area (Å²) in [6, 6.07) is 10.1. The smallest absolute Gasteiger partial charge is 0.257 e. The number of rotatable bonds is 6. The van der Waals surface area contributed by atoms with Crippen molar-refractivity contribution in [2.24, 2.45) is 5.92 Å². The summed E-state index contributed by atoms with van der Waals surface area (Å²) in [5.74, 6) is -0.351. The summed E-state index contributed by atoms with van der Waals surface area (Å²) < 4.78 is 16.7. The third-order valence-electron chi connectivity index (χ3n) is 6.38. The van der Waals surface area contributed by atoms with Crippen LogP contribution in [0.1, 0.15) is 29.9 Å². The predicted molar refractivity (Wildman–Crippen MR) is 138 cm³/mol. The average Bonchev–Trinajstić information content (AvgIpc) is 2.88. The molecular weight excluding hydrogens is 476 g/mol. The van der Waals surface area contributed by atoms with Crippen LogP contribution < -0.4 is 10.1 Å². The van der Waals surface area contributed by atoms with Gasteiger partial charge in [0.1, 0.15) is 19.0 Å². The minimum absolute atomic E-state index is 0.0485. The van der Waals surface area contributed by atoms with Gasteiger partial charge in [-0.3, -0.25) is 19.4 Å². The number of anilines is 1. The maximum Gasteiger partial charge on any atom is 0.257 e. The number of ether oxygens (including phenoxy) is 3. The lowest BCUT2D eigenvalue weighted by molar-refractivity contribution is -0.134. The lowest BCUT2D eigenvalue weighted by Gasteiger charge is -2.36. The Morgan fingerprint density at radius 3 is 2.62 bits per heavy atom. The molecule has 37 heavy (non-hydrogen) atoms. The summed E-state index contributed by atoms with van der Waals surface area (Å²) in [5, 5.41) is 2.73. The summed E-state index contributed by atoms with van der Waals surface area (Å²) >= 11 is 0. The molecule has 1 aliphatic heterocycles. The molecule has 2 aromatic rings. The third-order valence-corrected chi connectivity index (χ3v) is 6.38. The SMILES string of the molecule is COCC(=O)Nc1ccc2c(c1)OC[C@@H](C)N(C(=O)Cc1ccccn1)C[C@@H](C)[C@H](OC)CN(C)C2=O. The van der Waals surface area contributed by atoms with Gasteiger partial charge in [-0.2, -0.15) is 0 Å². The highest BCUT2D eigenvalue weighted by molar-refractivity contribution is 5.98. The molecule has 0 saturated carbocycles. The lowest BCUT2D eigenvalue weighted by atomic mass is 10.0. The van der Waals surface area contributed by atoms with E-state index in [0.717, 1.165) is 0 Å². The summed E-state index contributed by atoms with van der Waals surface area (Å²) in [7, 11) is 4.75. The topological polar surface area (TPSA) is 110 Å². The first-order chi connectivity index (χ1) is 17.7. The van der Waals surface area contributed by atoms with E-state index in [1.165, 1.54) is 7.11 Å². The lowest BCUT2D eigenvalue weighted by Crippen LogP contribution is -2.49. The van der Waals surface area contributed by atoms with Crippen LogP contribution in [0.25, 0.3) is 0 Å². The molecule has 0 saturated heterocycles. The Morgan fingerprint density at radius 2 is 1.95 bits per heavy atom. The fraction of sp³-hybridized carbons (Fsp3) is 0.481. The number of aromatic nitrogens is 1. The zero-order chi connectivity index (χ0) is 26.9. The van der Waals surface area contributed by atoms with Gasteiger partial charge in [0, 0.05) is 63.9 Å². The summed E-state index contributed by atoms with van der Waals surface area (Å²) in [5.41, 5.74) is 1.52. The fourth-order valence-electron chi connectivity index (χ4n) is 4.28. The second-order valence-electron chi connectivity index (χ2n) is 9.33. The van der Waals surface area contributed by atoms with Crippen LogP contribution in [0.15, 0.2) is 42.6 Å². The quantitative estimate of drug-likeness (QED) is 0.632. The monoisotopic (exact) mass is 512 g/mol. The molecule has 3 amide bonds. The molecule has 10 heteroatoms. The summed E-state index contributed by atoms with van der Waals surface area (Å²) in [6.07, 6.45) is 1.55. The van der Waals surface area contributed by atoms with E-state index in [4.69, 9.17) is 14.2 Å². The van der Waals surface area contributed by atoms with Crippen LogP contribution >= 0.6 is 0 Å². The molecule has 0 unspecified atom stereocenters. The molecule has 10 nitrogen and oxygen atoms in total. The second kappa shape index (κ2) is 13.2. The van der Waals surface area contributed by atoms with Crippen molar-refractivity contribution < 1.29 is 28.6 Å². The molecule has 0 fully saturated rings. The van der Waals surface area contributed by atoms with Crippen molar-refractivity contribution in [1.82, 2.24) is 14.8 Å². The fourth-order valence-corrected chi connectivity index (χ4v) is 4.28. The van der Waals surface area contributed by atoms with Gasteiger partial charge < -0.3 is 29.3 Å². The number of carbonyl (C=O) groups is 3. The van der Waals surface area contributed by atoms with Crippen molar-refractivity contribution >= 4 is 23.4 Å². The molecular formula is C27H36N4O6. The molecule has 3 atom stereocenters. The highest BCUT2D eigenvalue weighted by atomic mass is 16.5. The predicted octanol–water partition coefficient (Wildman–Crippen LogP) is 2.24. The highest BCUT2D eigenvalue weighted by Gasteiger charge is 2.30. The molecule has 200 valence electrons.